The Balaban J connectivity index is 2.19. The zero-order valence-corrected chi connectivity index (χ0v) is 10.4. The van der Waals surface area contributed by atoms with Gasteiger partial charge in [0, 0.05) is 17.4 Å². The molecule has 0 atom stereocenters. The molecule has 4 nitrogen and oxygen atoms in total. The lowest BCUT2D eigenvalue weighted by molar-refractivity contribution is 1.27. The number of aryl methyl sites for hydroxylation is 2. The molecular formula is C14H14N4. The van der Waals surface area contributed by atoms with Gasteiger partial charge in [-0.25, -0.2) is 9.97 Å². The molecule has 0 spiro atoms. The molecule has 3 rings (SSSR count). The Morgan fingerprint density at radius 1 is 1.17 bits per heavy atom. The van der Waals surface area contributed by atoms with Crippen molar-refractivity contribution in [1.29, 1.82) is 0 Å². The molecule has 4 heteroatoms. The first kappa shape index (κ1) is 10.8. The lowest BCUT2D eigenvalue weighted by atomic mass is 10.1. The topological polar surface area (TPSA) is 67.6 Å². The number of nitrogens with one attached hydrogen (secondary N) is 1. The van der Waals surface area contributed by atoms with Gasteiger partial charge in [-0.3, -0.25) is 0 Å². The number of pyridine rings is 1. The quantitative estimate of drug-likeness (QED) is 0.640. The van der Waals surface area contributed by atoms with E-state index < -0.39 is 0 Å². The minimum absolute atomic E-state index is 0.742. The molecule has 1 aromatic carbocycles. The number of nitrogen functional groups attached to an aromatic ring is 1. The van der Waals surface area contributed by atoms with Crippen LogP contribution in [0.4, 0.5) is 5.69 Å². The monoisotopic (exact) mass is 238 g/mol. The number of aromatic amines is 1. The molecule has 0 saturated heterocycles. The Kier molecular flexibility index (Phi) is 2.30. The fourth-order valence-corrected chi connectivity index (χ4v) is 2.08. The molecule has 2 heterocycles. The molecule has 2 aromatic heterocycles. The summed E-state index contributed by atoms with van der Waals surface area (Å²) in [6.45, 7) is 4.04. The highest BCUT2D eigenvalue weighted by Gasteiger charge is 2.08. The Morgan fingerprint density at radius 2 is 2.00 bits per heavy atom. The highest BCUT2D eigenvalue weighted by Crippen LogP contribution is 2.24. The van der Waals surface area contributed by atoms with Crippen molar-refractivity contribution in [2.45, 2.75) is 13.8 Å². The molecule has 3 aromatic rings. The summed E-state index contributed by atoms with van der Waals surface area (Å²) >= 11 is 0. The number of nitrogens with zero attached hydrogens (tertiary/aromatic N) is 2. The molecule has 0 bridgehead atoms. The van der Waals surface area contributed by atoms with Gasteiger partial charge in [0.05, 0.1) is 5.52 Å². The van der Waals surface area contributed by atoms with Crippen LogP contribution < -0.4 is 5.73 Å². The SMILES string of the molecule is Cc1cnc2nc(-c3ccc(N)cc3C)[nH]c2c1. The molecular weight excluding hydrogens is 224 g/mol. The van der Waals surface area contributed by atoms with E-state index in [1.165, 1.54) is 0 Å². The Labute approximate surface area is 105 Å². The summed E-state index contributed by atoms with van der Waals surface area (Å²) in [7, 11) is 0. The van der Waals surface area contributed by atoms with Crippen molar-refractivity contribution < 1.29 is 0 Å². The van der Waals surface area contributed by atoms with Crippen LogP contribution in [-0.2, 0) is 0 Å². The maximum atomic E-state index is 5.76. The van der Waals surface area contributed by atoms with Gasteiger partial charge in [0.15, 0.2) is 5.65 Å². The third kappa shape index (κ3) is 1.72. The summed E-state index contributed by atoms with van der Waals surface area (Å²) in [5.41, 5.74) is 11.5. The first-order chi connectivity index (χ1) is 8.63. The summed E-state index contributed by atoms with van der Waals surface area (Å²) in [4.78, 5) is 12.1. The lowest BCUT2D eigenvalue weighted by Gasteiger charge is -2.02. The van der Waals surface area contributed by atoms with E-state index in [1.807, 2.05) is 44.3 Å². The zero-order valence-electron chi connectivity index (χ0n) is 10.4. The molecule has 0 aliphatic rings. The highest BCUT2D eigenvalue weighted by atomic mass is 15.0. The summed E-state index contributed by atoms with van der Waals surface area (Å²) in [5.74, 6) is 0.834. The first-order valence-electron chi connectivity index (χ1n) is 5.82. The molecule has 0 unspecified atom stereocenters. The molecule has 90 valence electrons. The maximum Gasteiger partial charge on any atom is 0.178 e. The van der Waals surface area contributed by atoms with Crippen LogP contribution in [0.15, 0.2) is 30.5 Å². The lowest BCUT2D eigenvalue weighted by Crippen LogP contribution is -1.89. The van der Waals surface area contributed by atoms with Crippen molar-refractivity contribution in [1.82, 2.24) is 15.0 Å². The molecule has 18 heavy (non-hydrogen) atoms. The predicted octanol–water partition coefficient (Wildman–Crippen LogP) is 2.82. The minimum atomic E-state index is 0.742. The molecule has 0 amide bonds. The maximum absolute atomic E-state index is 5.76. The number of hydrogen-bond acceptors (Lipinski definition) is 3. The van der Waals surface area contributed by atoms with Crippen molar-refractivity contribution in [3.05, 3.63) is 41.6 Å². The van der Waals surface area contributed by atoms with Gasteiger partial charge in [0.1, 0.15) is 5.82 Å². The van der Waals surface area contributed by atoms with Crippen LogP contribution >= 0.6 is 0 Å². The smallest absolute Gasteiger partial charge is 0.178 e. The van der Waals surface area contributed by atoms with Gasteiger partial charge in [-0.05, 0) is 49.2 Å². The van der Waals surface area contributed by atoms with Crippen molar-refractivity contribution in [2.24, 2.45) is 0 Å². The second kappa shape index (κ2) is 3.84. The van der Waals surface area contributed by atoms with E-state index in [9.17, 15) is 0 Å². The number of nitrogens with two attached hydrogens (primary N) is 1. The number of H-pyrrole nitrogens is 1. The van der Waals surface area contributed by atoms with Crippen LogP contribution in [-0.4, -0.2) is 15.0 Å². The van der Waals surface area contributed by atoms with E-state index in [0.29, 0.717) is 0 Å². The average molecular weight is 238 g/mol. The van der Waals surface area contributed by atoms with Gasteiger partial charge in [-0.15, -0.1) is 0 Å². The van der Waals surface area contributed by atoms with Crippen LogP contribution in [0.2, 0.25) is 0 Å². The normalized spacial score (nSPS) is 11.0. The second-order valence-corrected chi connectivity index (χ2v) is 4.54. The fraction of sp³-hybridized carbons (Fsp3) is 0.143. The van der Waals surface area contributed by atoms with E-state index >= 15 is 0 Å². The van der Waals surface area contributed by atoms with Crippen LogP contribution in [0.5, 0.6) is 0 Å². The number of benzene rings is 1. The van der Waals surface area contributed by atoms with E-state index in [-0.39, 0.29) is 0 Å². The van der Waals surface area contributed by atoms with Crippen molar-refractivity contribution in [3.63, 3.8) is 0 Å². The Bertz CT molecular complexity index is 728. The molecule has 0 fully saturated rings. The van der Waals surface area contributed by atoms with E-state index in [2.05, 4.69) is 15.0 Å². The molecule has 0 saturated carbocycles. The molecule has 0 radical (unpaired) electrons. The highest BCUT2D eigenvalue weighted by molar-refractivity contribution is 5.77. The van der Waals surface area contributed by atoms with Crippen LogP contribution in [0, 0.1) is 13.8 Å². The number of imidazole rings is 1. The van der Waals surface area contributed by atoms with E-state index in [4.69, 9.17) is 5.73 Å². The molecule has 0 aliphatic heterocycles. The van der Waals surface area contributed by atoms with E-state index in [0.717, 1.165) is 39.4 Å². The fourth-order valence-electron chi connectivity index (χ4n) is 2.08. The standard InChI is InChI=1S/C14H14N4/c1-8-5-12-14(16-7-8)18-13(17-12)11-4-3-10(15)6-9(11)2/h3-7H,15H2,1-2H3,(H,16,17,18). The first-order valence-corrected chi connectivity index (χ1v) is 5.82. The third-order valence-corrected chi connectivity index (χ3v) is 2.98. The Hall–Kier alpha value is -2.36. The largest absolute Gasteiger partial charge is 0.399 e. The average Bonchev–Trinajstić information content (AvgIpc) is 2.71. The summed E-state index contributed by atoms with van der Waals surface area (Å²) in [6, 6.07) is 7.86. The number of hydrogen-bond donors (Lipinski definition) is 2. The summed E-state index contributed by atoms with van der Waals surface area (Å²) < 4.78 is 0. The number of rotatable bonds is 1. The van der Waals surface area contributed by atoms with Crippen molar-refractivity contribution >= 4 is 16.9 Å². The molecule has 3 N–H and O–H groups in total. The van der Waals surface area contributed by atoms with Gasteiger partial charge in [-0.2, -0.15) is 0 Å². The predicted molar refractivity (Wildman–Crippen MR) is 73.2 cm³/mol. The molecule has 0 aliphatic carbocycles. The second-order valence-electron chi connectivity index (χ2n) is 4.54. The zero-order chi connectivity index (χ0) is 12.7. The summed E-state index contributed by atoms with van der Waals surface area (Å²) in [5, 5.41) is 0. The van der Waals surface area contributed by atoms with Crippen LogP contribution in [0.3, 0.4) is 0 Å². The van der Waals surface area contributed by atoms with Gasteiger partial charge in [0.25, 0.3) is 0 Å². The van der Waals surface area contributed by atoms with Crippen LogP contribution in [0.25, 0.3) is 22.6 Å². The summed E-state index contributed by atoms with van der Waals surface area (Å²) in [6.07, 6.45) is 1.82. The van der Waals surface area contributed by atoms with Gasteiger partial charge >= 0.3 is 0 Å². The third-order valence-electron chi connectivity index (χ3n) is 2.98. The number of aromatic nitrogens is 3. The van der Waals surface area contributed by atoms with E-state index in [1.54, 1.807) is 0 Å². The van der Waals surface area contributed by atoms with Crippen LogP contribution in [0.1, 0.15) is 11.1 Å². The van der Waals surface area contributed by atoms with Gasteiger partial charge in [-0.1, -0.05) is 0 Å². The van der Waals surface area contributed by atoms with Gasteiger partial charge in [0.2, 0.25) is 0 Å². The minimum Gasteiger partial charge on any atom is -0.399 e. The van der Waals surface area contributed by atoms with Gasteiger partial charge < -0.3 is 10.7 Å². The Morgan fingerprint density at radius 3 is 2.78 bits per heavy atom. The number of fused-ring (bicyclic) bond motifs is 1. The number of anilines is 1. The van der Waals surface area contributed by atoms with Crippen molar-refractivity contribution in [3.8, 4) is 11.4 Å². The van der Waals surface area contributed by atoms with Crippen molar-refractivity contribution in [2.75, 3.05) is 5.73 Å².